The SMILES string of the molecule is Cn1ncc2c1CN(C(=O)[C@H]1CCc3c(C4(C(=O)O)CC=CCC4)nn(C(=O)c4c(Cl)cccc4C4(C(F)(F)F)CC4)c3C1)C2. The summed E-state index contributed by atoms with van der Waals surface area (Å²) in [5.41, 5.74) is -1.03. The van der Waals surface area contributed by atoms with Gasteiger partial charge in [-0.1, -0.05) is 35.9 Å². The highest BCUT2D eigenvalue weighted by molar-refractivity contribution is 6.34. The van der Waals surface area contributed by atoms with Gasteiger partial charge < -0.3 is 10.0 Å². The molecule has 3 heterocycles. The van der Waals surface area contributed by atoms with Crippen LogP contribution in [0.15, 0.2) is 36.5 Å². The number of carbonyl (C=O) groups is 3. The van der Waals surface area contributed by atoms with E-state index in [0.717, 1.165) is 15.9 Å². The van der Waals surface area contributed by atoms with Crippen LogP contribution >= 0.6 is 11.6 Å². The molecule has 13 heteroatoms. The van der Waals surface area contributed by atoms with Crippen LogP contribution in [0.1, 0.15) is 82.7 Å². The van der Waals surface area contributed by atoms with Gasteiger partial charge in [-0.3, -0.25) is 19.1 Å². The van der Waals surface area contributed by atoms with E-state index in [0.29, 0.717) is 43.6 Å². The lowest BCUT2D eigenvalue weighted by Crippen LogP contribution is -2.39. The zero-order chi connectivity index (χ0) is 31.9. The van der Waals surface area contributed by atoms with Crippen LogP contribution in [0.2, 0.25) is 5.02 Å². The van der Waals surface area contributed by atoms with Gasteiger partial charge in [0.25, 0.3) is 5.91 Å². The second-order valence-corrected chi connectivity index (χ2v) is 13.1. The van der Waals surface area contributed by atoms with Crippen LogP contribution < -0.4 is 0 Å². The van der Waals surface area contributed by atoms with Gasteiger partial charge in [0.1, 0.15) is 5.41 Å². The first-order chi connectivity index (χ1) is 21.4. The predicted octanol–water partition coefficient (Wildman–Crippen LogP) is 5.26. The predicted molar refractivity (Wildman–Crippen MR) is 156 cm³/mol. The van der Waals surface area contributed by atoms with E-state index in [1.807, 2.05) is 13.1 Å². The Labute approximate surface area is 261 Å². The van der Waals surface area contributed by atoms with Crippen LogP contribution in [-0.2, 0) is 53.4 Å². The van der Waals surface area contributed by atoms with Crippen molar-refractivity contribution in [3.05, 3.63) is 80.9 Å². The van der Waals surface area contributed by atoms with Crippen molar-refractivity contribution in [2.45, 2.75) is 81.5 Å². The molecule has 236 valence electrons. The van der Waals surface area contributed by atoms with Crippen molar-refractivity contribution in [3.8, 4) is 0 Å². The molecule has 1 amide bonds. The third-order valence-electron chi connectivity index (χ3n) is 10.2. The highest BCUT2D eigenvalue weighted by Gasteiger charge is 2.65. The van der Waals surface area contributed by atoms with E-state index in [9.17, 15) is 32.7 Å². The fourth-order valence-corrected chi connectivity index (χ4v) is 7.75. The van der Waals surface area contributed by atoms with Gasteiger partial charge in [0.2, 0.25) is 5.91 Å². The number of allylic oxidation sites excluding steroid dienone is 2. The lowest BCUT2D eigenvalue weighted by molar-refractivity contribution is -0.160. The van der Waals surface area contributed by atoms with Crippen LogP contribution in [0.4, 0.5) is 13.2 Å². The van der Waals surface area contributed by atoms with Crippen molar-refractivity contribution >= 4 is 29.4 Å². The molecule has 45 heavy (non-hydrogen) atoms. The molecule has 0 saturated heterocycles. The molecular formula is C32H31ClF3N5O4. The summed E-state index contributed by atoms with van der Waals surface area (Å²) in [5, 5.41) is 19.2. The smallest absolute Gasteiger partial charge is 0.398 e. The van der Waals surface area contributed by atoms with Gasteiger partial charge >= 0.3 is 12.1 Å². The number of alkyl halides is 3. The largest absolute Gasteiger partial charge is 0.481 e. The standard InChI is InChI=1S/C32H31ClF3N5O4/c1-39-24-17-40(16-19(24)15-37-39)27(42)18-8-9-20-23(14-18)41(38-26(20)30(29(44)45)10-3-2-4-11-30)28(43)25-21(6-5-7-22(25)33)31(12-13-31)32(34,35)36/h2-3,5-7,15,18H,4,8-14,16-17H2,1H3,(H,44,45)/t18-,30?/m0/s1. The van der Waals surface area contributed by atoms with Crippen molar-refractivity contribution in [1.29, 1.82) is 0 Å². The first kappa shape index (κ1) is 29.8. The van der Waals surface area contributed by atoms with Gasteiger partial charge in [0.15, 0.2) is 0 Å². The number of hydrogen-bond acceptors (Lipinski definition) is 5. The van der Waals surface area contributed by atoms with Crippen LogP contribution in [0, 0.1) is 5.92 Å². The zero-order valence-corrected chi connectivity index (χ0v) is 25.3. The Kier molecular flexibility index (Phi) is 6.81. The Balaban J connectivity index is 1.32. The molecule has 1 fully saturated rings. The molecular weight excluding hydrogens is 611 g/mol. The van der Waals surface area contributed by atoms with Crippen LogP contribution in [-0.4, -0.2) is 53.5 Å². The van der Waals surface area contributed by atoms with Gasteiger partial charge in [-0.25, -0.2) is 4.68 Å². The maximum Gasteiger partial charge on any atom is 0.398 e. The number of halogens is 4. The average Bonchev–Trinajstić information content (AvgIpc) is 3.43. The third kappa shape index (κ3) is 4.46. The molecule has 1 N–H and O–H groups in total. The second kappa shape index (κ2) is 10.3. The molecule has 3 aromatic rings. The molecule has 4 aliphatic rings. The van der Waals surface area contributed by atoms with Crippen molar-refractivity contribution < 1.29 is 32.7 Å². The average molecular weight is 642 g/mol. The summed E-state index contributed by atoms with van der Waals surface area (Å²) in [6, 6.07) is 4.06. The monoisotopic (exact) mass is 641 g/mol. The number of rotatable bonds is 5. The number of hydrogen-bond donors (Lipinski definition) is 1. The first-order valence-electron chi connectivity index (χ1n) is 15.1. The second-order valence-electron chi connectivity index (χ2n) is 12.7. The first-order valence-corrected chi connectivity index (χ1v) is 15.4. The Morgan fingerprint density at radius 2 is 1.87 bits per heavy atom. The Morgan fingerprint density at radius 1 is 1.09 bits per heavy atom. The summed E-state index contributed by atoms with van der Waals surface area (Å²) < 4.78 is 45.7. The maximum absolute atomic E-state index is 14.4. The molecule has 0 bridgehead atoms. The number of fused-ring (bicyclic) bond motifs is 2. The van der Waals surface area contributed by atoms with E-state index in [1.165, 1.54) is 18.2 Å². The summed E-state index contributed by atoms with van der Waals surface area (Å²) in [6.45, 7) is 0.806. The topological polar surface area (TPSA) is 110 Å². The minimum absolute atomic E-state index is 0.0910. The summed E-state index contributed by atoms with van der Waals surface area (Å²) >= 11 is 6.49. The minimum Gasteiger partial charge on any atom is -0.481 e. The van der Waals surface area contributed by atoms with Gasteiger partial charge in [-0.2, -0.15) is 23.4 Å². The number of carbonyl (C=O) groups excluding carboxylic acids is 2. The molecule has 7 rings (SSSR count). The van der Waals surface area contributed by atoms with E-state index < -0.39 is 34.8 Å². The number of aliphatic carboxylic acids is 1. The van der Waals surface area contributed by atoms with E-state index >= 15 is 0 Å². The normalized spacial score (nSPS) is 23.5. The molecule has 1 aliphatic heterocycles. The maximum atomic E-state index is 14.4. The number of aryl methyl sites for hydroxylation is 1. The highest BCUT2D eigenvalue weighted by atomic mass is 35.5. The Hall–Kier alpha value is -3.93. The number of nitrogens with zero attached hydrogens (tertiary/aromatic N) is 5. The van der Waals surface area contributed by atoms with Crippen molar-refractivity contribution in [3.63, 3.8) is 0 Å². The molecule has 0 radical (unpaired) electrons. The van der Waals surface area contributed by atoms with Crippen LogP contribution in [0.3, 0.4) is 0 Å². The number of amides is 1. The van der Waals surface area contributed by atoms with E-state index in [-0.39, 0.29) is 59.9 Å². The van der Waals surface area contributed by atoms with Gasteiger partial charge in [0, 0.05) is 31.5 Å². The third-order valence-corrected chi connectivity index (χ3v) is 10.6. The van der Waals surface area contributed by atoms with Gasteiger partial charge in [0.05, 0.1) is 45.8 Å². The highest BCUT2D eigenvalue weighted by Crippen LogP contribution is 2.60. The number of aromatic nitrogens is 4. The molecule has 2 aromatic heterocycles. The van der Waals surface area contributed by atoms with Crippen LogP contribution in [0.5, 0.6) is 0 Å². The summed E-state index contributed by atoms with van der Waals surface area (Å²) in [7, 11) is 1.82. The Morgan fingerprint density at radius 3 is 2.51 bits per heavy atom. The van der Waals surface area contributed by atoms with Gasteiger partial charge in [-0.05, 0) is 62.1 Å². The van der Waals surface area contributed by atoms with E-state index in [2.05, 4.69) is 10.2 Å². The lowest BCUT2D eigenvalue weighted by Gasteiger charge is -2.31. The number of carboxylic acids is 1. The van der Waals surface area contributed by atoms with E-state index in [1.54, 1.807) is 21.9 Å². The zero-order valence-electron chi connectivity index (χ0n) is 24.5. The summed E-state index contributed by atoms with van der Waals surface area (Å²) in [6.07, 6.45) is 2.22. The number of carboxylic acid groups (broad SMARTS) is 1. The molecule has 1 aromatic carbocycles. The molecule has 1 unspecified atom stereocenters. The fraction of sp³-hybridized carbons (Fsp3) is 0.469. The van der Waals surface area contributed by atoms with Crippen molar-refractivity contribution in [1.82, 2.24) is 24.5 Å². The van der Waals surface area contributed by atoms with E-state index in [4.69, 9.17) is 11.6 Å². The van der Waals surface area contributed by atoms with Crippen molar-refractivity contribution in [2.75, 3.05) is 0 Å². The van der Waals surface area contributed by atoms with Crippen LogP contribution in [0.25, 0.3) is 0 Å². The van der Waals surface area contributed by atoms with Crippen molar-refractivity contribution in [2.24, 2.45) is 13.0 Å². The molecule has 3 aliphatic carbocycles. The fourth-order valence-electron chi connectivity index (χ4n) is 7.50. The molecule has 9 nitrogen and oxygen atoms in total. The summed E-state index contributed by atoms with van der Waals surface area (Å²) in [5.74, 6) is -2.58. The minimum atomic E-state index is -4.59. The Bertz CT molecular complexity index is 1790. The molecule has 0 spiro atoms. The van der Waals surface area contributed by atoms with Gasteiger partial charge in [-0.15, -0.1) is 0 Å². The molecule has 1 saturated carbocycles. The number of benzene rings is 1. The molecule has 2 atom stereocenters. The summed E-state index contributed by atoms with van der Waals surface area (Å²) in [4.78, 5) is 42.8. The quantitative estimate of drug-likeness (QED) is 0.381. The lowest BCUT2D eigenvalue weighted by atomic mass is 9.71.